The van der Waals surface area contributed by atoms with Crippen LogP contribution in [0, 0.1) is 5.92 Å². The highest BCUT2D eigenvalue weighted by Crippen LogP contribution is 2.16. The molecule has 1 aliphatic rings. The van der Waals surface area contributed by atoms with Crippen molar-refractivity contribution >= 4 is 17.6 Å². The average molecular weight is 290 g/mol. The van der Waals surface area contributed by atoms with Gasteiger partial charge in [0.2, 0.25) is 5.91 Å². The number of nitrogens with one attached hydrogen (secondary N) is 2. The zero-order valence-corrected chi connectivity index (χ0v) is 12.1. The van der Waals surface area contributed by atoms with Crippen LogP contribution in [0.3, 0.4) is 0 Å². The molecule has 0 saturated carbocycles. The summed E-state index contributed by atoms with van der Waals surface area (Å²) in [5, 5.41) is 14.9. The number of hydrogen-bond donors (Lipinski definition) is 3. The summed E-state index contributed by atoms with van der Waals surface area (Å²) in [4.78, 5) is 22.5. The van der Waals surface area contributed by atoms with Crippen molar-refractivity contribution in [1.29, 1.82) is 0 Å². The molecule has 1 amide bonds. The van der Waals surface area contributed by atoms with Gasteiger partial charge in [0.15, 0.2) is 0 Å². The molecule has 1 saturated heterocycles. The third kappa shape index (κ3) is 5.55. The molecule has 1 atom stereocenters. The van der Waals surface area contributed by atoms with Crippen LogP contribution < -0.4 is 10.6 Å². The molecule has 1 fully saturated rings. The first-order chi connectivity index (χ1) is 10.1. The van der Waals surface area contributed by atoms with E-state index in [1.165, 1.54) is 0 Å². The summed E-state index contributed by atoms with van der Waals surface area (Å²) in [7, 11) is 0. The number of aryl methyl sites for hydroxylation is 1. The van der Waals surface area contributed by atoms with E-state index < -0.39 is 5.97 Å². The second-order valence-corrected chi connectivity index (χ2v) is 5.54. The fraction of sp³-hybridized carbons (Fsp3) is 0.500. The van der Waals surface area contributed by atoms with E-state index in [-0.39, 0.29) is 12.3 Å². The number of amides is 1. The number of hydrogen-bond acceptors (Lipinski definition) is 3. The van der Waals surface area contributed by atoms with Gasteiger partial charge >= 0.3 is 5.97 Å². The molecule has 5 nitrogen and oxygen atoms in total. The monoisotopic (exact) mass is 290 g/mol. The molecular formula is C16H22N2O3. The predicted molar refractivity (Wildman–Crippen MR) is 81.2 cm³/mol. The van der Waals surface area contributed by atoms with E-state index in [4.69, 9.17) is 5.11 Å². The molecule has 1 aliphatic heterocycles. The molecule has 0 bridgehead atoms. The summed E-state index contributed by atoms with van der Waals surface area (Å²) in [6.45, 7) is 2.07. The number of benzene rings is 1. The van der Waals surface area contributed by atoms with Crippen molar-refractivity contribution in [2.75, 3.05) is 18.4 Å². The van der Waals surface area contributed by atoms with Gasteiger partial charge in [-0.3, -0.25) is 9.59 Å². The zero-order chi connectivity index (χ0) is 15.1. The van der Waals surface area contributed by atoms with Crippen LogP contribution in [-0.4, -0.2) is 30.1 Å². The van der Waals surface area contributed by atoms with Gasteiger partial charge in [-0.1, -0.05) is 12.1 Å². The molecule has 0 radical (unpaired) electrons. The SMILES string of the molecule is O=C(O)CCc1cccc(NC(=O)CCC2CCNC2)c1. The minimum atomic E-state index is -0.811. The first-order valence-corrected chi connectivity index (χ1v) is 7.45. The lowest BCUT2D eigenvalue weighted by molar-refractivity contribution is -0.137. The lowest BCUT2D eigenvalue weighted by Crippen LogP contribution is -2.15. The third-order valence-electron chi connectivity index (χ3n) is 3.78. The maximum Gasteiger partial charge on any atom is 0.303 e. The summed E-state index contributed by atoms with van der Waals surface area (Å²) in [6.07, 6.45) is 3.18. The van der Waals surface area contributed by atoms with Crippen LogP contribution in [0.4, 0.5) is 5.69 Å². The Hall–Kier alpha value is -1.88. The number of carboxylic acid groups (broad SMARTS) is 1. The maximum absolute atomic E-state index is 11.9. The van der Waals surface area contributed by atoms with Crippen LogP contribution in [0.25, 0.3) is 0 Å². The van der Waals surface area contributed by atoms with Gasteiger partial charge < -0.3 is 15.7 Å². The quantitative estimate of drug-likeness (QED) is 0.718. The molecular weight excluding hydrogens is 268 g/mol. The van der Waals surface area contributed by atoms with Crippen molar-refractivity contribution in [3.05, 3.63) is 29.8 Å². The first kappa shape index (κ1) is 15.5. The number of rotatable bonds is 7. The van der Waals surface area contributed by atoms with Crippen molar-refractivity contribution in [1.82, 2.24) is 5.32 Å². The Morgan fingerprint density at radius 3 is 2.90 bits per heavy atom. The molecule has 114 valence electrons. The Kier molecular flexibility index (Phi) is 5.75. The summed E-state index contributed by atoms with van der Waals surface area (Å²) < 4.78 is 0. The molecule has 1 unspecified atom stereocenters. The van der Waals surface area contributed by atoms with Gasteiger partial charge in [-0.15, -0.1) is 0 Å². The van der Waals surface area contributed by atoms with Crippen molar-refractivity contribution in [3.63, 3.8) is 0 Å². The van der Waals surface area contributed by atoms with E-state index in [0.29, 0.717) is 18.8 Å². The summed E-state index contributed by atoms with van der Waals surface area (Å²) in [5.74, 6) is -0.176. The average Bonchev–Trinajstić information content (AvgIpc) is 2.97. The molecule has 1 aromatic rings. The molecule has 3 N–H and O–H groups in total. The van der Waals surface area contributed by atoms with E-state index >= 15 is 0 Å². The predicted octanol–water partition coefficient (Wildman–Crippen LogP) is 2.03. The first-order valence-electron chi connectivity index (χ1n) is 7.45. The van der Waals surface area contributed by atoms with E-state index in [9.17, 15) is 9.59 Å². The van der Waals surface area contributed by atoms with Crippen LogP contribution >= 0.6 is 0 Å². The molecule has 0 aliphatic carbocycles. The largest absolute Gasteiger partial charge is 0.481 e. The number of carbonyl (C=O) groups is 2. The van der Waals surface area contributed by atoms with Crippen LogP contribution in [0.1, 0.15) is 31.2 Å². The lowest BCUT2D eigenvalue weighted by atomic mass is 10.0. The van der Waals surface area contributed by atoms with E-state index in [0.717, 1.165) is 37.2 Å². The van der Waals surface area contributed by atoms with E-state index in [1.54, 1.807) is 0 Å². The van der Waals surface area contributed by atoms with Crippen LogP contribution in [0.2, 0.25) is 0 Å². The molecule has 1 heterocycles. The Balaban J connectivity index is 1.79. The highest BCUT2D eigenvalue weighted by molar-refractivity contribution is 5.90. The van der Waals surface area contributed by atoms with Gasteiger partial charge in [0.1, 0.15) is 0 Å². The number of aliphatic carboxylic acids is 1. The van der Waals surface area contributed by atoms with Crippen molar-refractivity contribution in [3.8, 4) is 0 Å². The van der Waals surface area contributed by atoms with E-state index in [2.05, 4.69) is 10.6 Å². The summed E-state index contributed by atoms with van der Waals surface area (Å²) in [5.41, 5.74) is 1.67. The Morgan fingerprint density at radius 2 is 2.19 bits per heavy atom. The summed E-state index contributed by atoms with van der Waals surface area (Å²) >= 11 is 0. The van der Waals surface area contributed by atoms with Crippen molar-refractivity contribution in [2.45, 2.75) is 32.1 Å². The van der Waals surface area contributed by atoms with Crippen molar-refractivity contribution in [2.24, 2.45) is 5.92 Å². The summed E-state index contributed by atoms with van der Waals surface area (Å²) in [6, 6.07) is 7.40. The Morgan fingerprint density at radius 1 is 1.33 bits per heavy atom. The smallest absolute Gasteiger partial charge is 0.303 e. The number of carbonyl (C=O) groups excluding carboxylic acids is 1. The molecule has 2 rings (SSSR count). The maximum atomic E-state index is 11.9. The van der Waals surface area contributed by atoms with Crippen LogP contribution in [0.15, 0.2) is 24.3 Å². The highest BCUT2D eigenvalue weighted by atomic mass is 16.4. The fourth-order valence-corrected chi connectivity index (χ4v) is 2.58. The normalized spacial score (nSPS) is 17.6. The van der Waals surface area contributed by atoms with Gasteiger partial charge in [0, 0.05) is 18.5 Å². The Labute approximate surface area is 124 Å². The number of anilines is 1. The minimum absolute atomic E-state index is 0.0253. The minimum Gasteiger partial charge on any atom is -0.481 e. The van der Waals surface area contributed by atoms with Crippen LogP contribution in [-0.2, 0) is 16.0 Å². The van der Waals surface area contributed by atoms with Gasteiger partial charge in [-0.25, -0.2) is 0 Å². The topological polar surface area (TPSA) is 78.4 Å². The van der Waals surface area contributed by atoms with Gasteiger partial charge in [0.25, 0.3) is 0 Å². The molecule has 1 aromatic carbocycles. The van der Waals surface area contributed by atoms with E-state index in [1.807, 2.05) is 24.3 Å². The van der Waals surface area contributed by atoms with Crippen LogP contribution in [0.5, 0.6) is 0 Å². The third-order valence-corrected chi connectivity index (χ3v) is 3.78. The number of carboxylic acids is 1. The standard InChI is InChI=1S/C16H22N2O3/c19-15(6-4-13-8-9-17-11-13)18-14-3-1-2-12(10-14)5-7-16(20)21/h1-3,10,13,17H,4-9,11H2,(H,18,19)(H,20,21). The molecule has 5 heteroatoms. The molecule has 0 spiro atoms. The van der Waals surface area contributed by atoms with Gasteiger partial charge in [-0.05, 0) is 56.0 Å². The lowest BCUT2D eigenvalue weighted by Gasteiger charge is -2.09. The zero-order valence-electron chi connectivity index (χ0n) is 12.1. The van der Waals surface area contributed by atoms with Gasteiger partial charge in [0.05, 0.1) is 0 Å². The fourth-order valence-electron chi connectivity index (χ4n) is 2.58. The van der Waals surface area contributed by atoms with Crippen molar-refractivity contribution < 1.29 is 14.7 Å². The second kappa shape index (κ2) is 7.78. The second-order valence-electron chi connectivity index (χ2n) is 5.54. The Bertz CT molecular complexity index is 496. The highest BCUT2D eigenvalue weighted by Gasteiger charge is 2.15. The molecule has 0 aromatic heterocycles. The van der Waals surface area contributed by atoms with Gasteiger partial charge in [-0.2, -0.15) is 0 Å². The molecule has 21 heavy (non-hydrogen) atoms.